The van der Waals surface area contributed by atoms with Gasteiger partial charge in [-0.05, 0) is 18.6 Å². The van der Waals surface area contributed by atoms with Crippen molar-refractivity contribution in [3.63, 3.8) is 0 Å². The number of benzene rings is 1. The van der Waals surface area contributed by atoms with E-state index in [1.54, 1.807) is 7.11 Å². The van der Waals surface area contributed by atoms with E-state index >= 15 is 0 Å². The molecule has 1 heterocycles. The molecule has 0 amide bonds. The second-order valence-electron chi connectivity index (χ2n) is 4.49. The van der Waals surface area contributed by atoms with Gasteiger partial charge in [-0.2, -0.15) is 13.2 Å². The third kappa shape index (κ3) is 3.13. The van der Waals surface area contributed by atoms with Gasteiger partial charge in [-0.25, -0.2) is 0 Å². The van der Waals surface area contributed by atoms with Crippen LogP contribution < -0.4 is 5.32 Å². The van der Waals surface area contributed by atoms with Crippen LogP contribution in [0.2, 0.25) is 0 Å². The lowest BCUT2D eigenvalue weighted by Gasteiger charge is -2.11. The highest BCUT2D eigenvalue weighted by Crippen LogP contribution is 2.29. The zero-order chi connectivity index (χ0) is 14.0. The van der Waals surface area contributed by atoms with E-state index < -0.39 is 11.7 Å². The topological polar surface area (TPSA) is 38.3 Å². The summed E-state index contributed by atoms with van der Waals surface area (Å²) in [6.45, 7) is 0.577. The number of Topliss-reactive ketones (excluding diaryl/α,β-unsaturated/α-hetero) is 1. The third-order valence-electron chi connectivity index (χ3n) is 3.24. The van der Waals surface area contributed by atoms with Crippen LogP contribution in [0.1, 0.15) is 22.3 Å². The molecule has 1 aromatic carbocycles. The zero-order valence-electron chi connectivity index (χ0n) is 10.3. The van der Waals surface area contributed by atoms with Crippen molar-refractivity contribution in [2.75, 3.05) is 13.7 Å². The van der Waals surface area contributed by atoms with Crippen LogP contribution >= 0.6 is 0 Å². The van der Waals surface area contributed by atoms with Crippen LogP contribution in [0.5, 0.6) is 0 Å². The van der Waals surface area contributed by atoms with Gasteiger partial charge in [0.05, 0.1) is 17.7 Å². The Balaban J connectivity index is 2.08. The first-order valence-electron chi connectivity index (χ1n) is 5.89. The average Bonchev–Trinajstić information content (AvgIpc) is 2.86. The van der Waals surface area contributed by atoms with Crippen molar-refractivity contribution >= 4 is 5.78 Å². The van der Waals surface area contributed by atoms with Crippen molar-refractivity contribution in [2.45, 2.75) is 24.7 Å². The van der Waals surface area contributed by atoms with E-state index in [2.05, 4.69) is 5.32 Å². The molecule has 104 valence electrons. The summed E-state index contributed by atoms with van der Waals surface area (Å²) in [7, 11) is 1.57. The fourth-order valence-corrected chi connectivity index (χ4v) is 2.11. The zero-order valence-corrected chi connectivity index (χ0v) is 10.3. The molecule has 2 unspecified atom stereocenters. The second-order valence-corrected chi connectivity index (χ2v) is 4.49. The molecule has 3 nitrogen and oxygen atoms in total. The van der Waals surface area contributed by atoms with Gasteiger partial charge in [-0.15, -0.1) is 0 Å². The maximum absolute atomic E-state index is 12.4. The summed E-state index contributed by atoms with van der Waals surface area (Å²) in [5.74, 6) is -0.201. The van der Waals surface area contributed by atoms with Gasteiger partial charge in [-0.3, -0.25) is 4.79 Å². The molecule has 0 radical (unpaired) electrons. The molecular formula is C13H14F3NO2. The summed E-state index contributed by atoms with van der Waals surface area (Å²) in [5.41, 5.74) is -0.472. The smallest absolute Gasteiger partial charge is 0.380 e. The minimum absolute atomic E-state index is 0.0246. The van der Waals surface area contributed by atoms with Crippen LogP contribution in [-0.2, 0) is 10.9 Å². The normalized spacial score (nSPS) is 23.6. The number of rotatable bonds is 3. The Morgan fingerprint density at radius 1 is 1.32 bits per heavy atom. The fourth-order valence-electron chi connectivity index (χ4n) is 2.11. The Hall–Kier alpha value is -1.40. The Morgan fingerprint density at radius 2 is 1.95 bits per heavy atom. The van der Waals surface area contributed by atoms with Crippen LogP contribution in [-0.4, -0.2) is 31.6 Å². The van der Waals surface area contributed by atoms with Gasteiger partial charge < -0.3 is 10.1 Å². The van der Waals surface area contributed by atoms with Gasteiger partial charge in [0.25, 0.3) is 0 Å². The van der Waals surface area contributed by atoms with E-state index in [9.17, 15) is 18.0 Å². The largest absolute Gasteiger partial charge is 0.416 e. The SMILES string of the molecule is COC1CNC(C(=O)c2ccc(C(F)(F)F)cc2)C1. The summed E-state index contributed by atoms with van der Waals surface area (Å²) in [5, 5.41) is 3.00. The molecular weight excluding hydrogens is 259 g/mol. The second kappa shape index (κ2) is 5.30. The molecule has 0 aliphatic carbocycles. The van der Waals surface area contributed by atoms with E-state index in [0.29, 0.717) is 13.0 Å². The van der Waals surface area contributed by atoms with Crippen LogP contribution in [0.25, 0.3) is 0 Å². The van der Waals surface area contributed by atoms with E-state index in [1.807, 2.05) is 0 Å². The highest BCUT2D eigenvalue weighted by molar-refractivity contribution is 6.00. The van der Waals surface area contributed by atoms with Crippen molar-refractivity contribution in [3.8, 4) is 0 Å². The number of halogens is 3. The van der Waals surface area contributed by atoms with Gasteiger partial charge in [0.15, 0.2) is 5.78 Å². The molecule has 1 saturated heterocycles. The number of carbonyl (C=O) groups excluding carboxylic acids is 1. The average molecular weight is 273 g/mol. The van der Waals surface area contributed by atoms with Gasteiger partial charge in [0.1, 0.15) is 0 Å². The molecule has 2 rings (SSSR count). The molecule has 1 aliphatic rings. The van der Waals surface area contributed by atoms with Crippen LogP contribution in [0, 0.1) is 0 Å². The van der Waals surface area contributed by atoms with E-state index in [1.165, 1.54) is 12.1 Å². The van der Waals surface area contributed by atoms with Gasteiger partial charge in [0.2, 0.25) is 0 Å². The fraction of sp³-hybridized carbons (Fsp3) is 0.462. The van der Waals surface area contributed by atoms with Gasteiger partial charge >= 0.3 is 6.18 Å². The number of ether oxygens (including phenoxy) is 1. The molecule has 0 spiro atoms. The number of hydrogen-bond acceptors (Lipinski definition) is 3. The molecule has 0 saturated carbocycles. The first-order valence-corrected chi connectivity index (χ1v) is 5.89. The Bertz CT molecular complexity index is 456. The molecule has 1 aliphatic heterocycles. The Morgan fingerprint density at radius 3 is 2.42 bits per heavy atom. The van der Waals surface area contributed by atoms with Crippen molar-refractivity contribution in [1.82, 2.24) is 5.32 Å². The van der Waals surface area contributed by atoms with Gasteiger partial charge in [-0.1, -0.05) is 12.1 Å². The predicted molar refractivity (Wildman–Crippen MR) is 63.0 cm³/mol. The number of carbonyl (C=O) groups is 1. The van der Waals surface area contributed by atoms with E-state index in [0.717, 1.165) is 12.1 Å². The Kier molecular flexibility index (Phi) is 3.91. The van der Waals surface area contributed by atoms with Crippen molar-refractivity contribution < 1.29 is 22.7 Å². The highest BCUT2D eigenvalue weighted by Gasteiger charge is 2.32. The number of methoxy groups -OCH3 is 1. The lowest BCUT2D eigenvalue weighted by atomic mass is 10.0. The first-order chi connectivity index (χ1) is 8.91. The number of alkyl halides is 3. The quantitative estimate of drug-likeness (QED) is 0.859. The van der Waals surface area contributed by atoms with Crippen molar-refractivity contribution in [1.29, 1.82) is 0 Å². The van der Waals surface area contributed by atoms with Crippen LogP contribution in [0.4, 0.5) is 13.2 Å². The van der Waals surface area contributed by atoms with Crippen molar-refractivity contribution in [2.24, 2.45) is 0 Å². The molecule has 0 aromatic heterocycles. The summed E-state index contributed by atoms with van der Waals surface area (Å²) >= 11 is 0. The number of hydrogen-bond donors (Lipinski definition) is 1. The maximum atomic E-state index is 12.4. The lowest BCUT2D eigenvalue weighted by Crippen LogP contribution is -2.30. The third-order valence-corrected chi connectivity index (χ3v) is 3.24. The molecule has 0 bridgehead atoms. The number of ketones is 1. The monoisotopic (exact) mass is 273 g/mol. The summed E-state index contributed by atoms with van der Waals surface area (Å²) in [6, 6.07) is 3.90. The van der Waals surface area contributed by atoms with Crippen LogP contribution in [0.15, 0.2) is 24.3 Å². The van der Waals surface area contributed by atoms with Crippen molar-refractivity contribution in [3.05, 3.63) is 35.4 Å². The van der Waals surface area contributed by atoms with Gasteiger partial charge in [0, 0.05) is 19.2 Å². The minimum atomic E-state index is -4.38. The summed E-state index contributed by atoms with van der Waals surface area (Å²) < 4.78 is 42.3. The highest BCUT2D eigenvalue weighted by atomic mass is 19.4. The van der Waals surface area contributed by atoms with E-state index in [-0.39, 0.29) is 23.5 Å². The Labute approximate surface area is 108 Å². The lowest BCUT2D eigenvalue weighted by molar-refractivity contribution is -0.137. The first kappa shape index (κ1) is 14.0. The molecule has 2 atom stereocenters. The predicted octanol–water partition coefficient (Wildman–Crippen LogP) is 2.27. The molecule has 1 fully saturated rings. The molecule has 1 N–H and O–H groups in total. The standard InChI is InChI=1S/C13H14F3NO2/c1-19-10-6-11(17-7-10)12(18)8-2-4-9(5-3-8)13(14,15)16/h2-5,10-11,17H,6-7H2,1H3. The molecule has 19 heavy (non-hydrogen) atoms. The molecule has 1 aromatic rings. The summed E-state index contributed by atoms with van der Waals surface area (Å²) in [6.07, 6.45) is -3.87. The number of nitrogens with one attached hydrogen (secondary N) is 1. The minimum Gasteiger partial charge on any atom is -0.380 e. The molecule has 6 heteroatoms. The van der Waals surface area contributed by atoms with Crippen LogP contribution in [0.3, 0.4) is 0 Å². The summed E-state index contributed by atoms with van der Waals surface area (Å²) in [4.78, 5) is 12.1. The maximum Gasteiger partial charge on any atom is 0.416 e. The van der Waals surface area contributed by atoms with E-state index in [4.69, 9.17) is 4.74 Å².